The molecule has 1 saturated heterocycles. The first-order valence-electron chi connectivity index (χ1n) is 9.34. The van der Waals surface area contributed by atoms with Gasteiger partial charge in [0.15, 0.2) is 0 Å². The molecule has 0 bridgehead atoms. The first kappa shape index (κ1) is 19.1. The molecule has 1 atom stereocenters. The van der Waals surface area contributed by atoms with Crippen molar-refractivity contribution < 1.29 is 9.53 Å². The fraction of sp³-hybridized carbons (Fsp3) is 0.409. The zero-order chi connectivity index (χ0) is 18.2. The summed E-state index contributed by atoms with van der Waals surface area (Å²) in [5.41, 5.74) is 2.27. The number of benzene rings is 2. The van der Waals surface area contributed by atoms with E-state index in [-0.39, 0.29) is 6.10 Å². The molecule has 0 aliphatic carbocycles. The van der Waals surface area contributed by atoms with Gasteiger partial charge in [-0.25, -0.2) is 0 Å². The van der Waals surface area contributed by atoms with Crippen LogP contribution in [0.15, 0.2) is 54.6 Å². The Bertz CT molecular complexity index is 666. The van der Waals surface area contributed by atoms with Crippen LogP contribution >= 0.6 is 11.6 Å². The first-order chi connectivity index (χ1) is 12.8. The van der Waals surface area contributed by atoms with E-state index in [4.69, 9.17) is 16.3 Å². The summed E-state index contributed by atoms with van der Waals surface area (Å²) in [6.45, 7) is 3.71. The average molecular weight is 372 g/mol. The Balaban J connectivity index is 1.57. The summed E-state index contributed by atoms with van der Waals surface area (Å²) in [5, 5.41) is 0.735. The van der Waals surface area contributed by atoms with Gasteiger partial charge in [-0.15, -0.1) is 0 Å². The Labute approximate surface area is 160 Å². The van der Waals surface area contributed by atoms with Gasteiger partial charge in [-0.1, -0.05) is 54.1 Å². The van der Waals surface area contributed by atoms with Gasteiger partial charge in [-0.3, -0.25) is 0 Å². The Hall–Kier alpha value is -1.68. The van der Waals surface area contributed by atoms with Crippen molar-refractivity contribution in [3.63, 3.8) is 0 Å². The van der Waals surface area contributed by atoms with E-state index in [1.807, 2.05) is 42.5 Å². The second kappa shape index (κ2) is 9.86. The second-order valence-corrected chi connectivity index (χ2v) is 7.34. The Kier molecular flexibility index (Phi) is 7.24. The molecule has 2 aromatic carbocycles. The van der Waals surface area contributed by atoms with Crippen molar-refractivity contribution in [3.05, 3.63) is 70.7 Å². The van der Waals surface area contributed by atoms with E-state index < -0.39 is 0 Å². The van der Waals surface area contributed by atoms with E-state index in [9.17, 15) is 4.79 Å². The molecule has 0 spiro atoms. The zero-order valence-electron chi connectivity index (χ0n) is 15.0. The van der Waals surface area contributed by atoms with Gasteiger partial charge in [0.2, 0.25) is 0 Å². The first-order valence-corrected chi connectivity index (χ1v) is 9.72. The van der Waals surface area contributed by atoms with E-state index >= 15 is 0 Å². The van der Waals surface area contributed by atoms with Gasteiger partial charge in [-0.05, 0) is 55.1 Å². The predicted molar refractivity (Wildman–Crippen MR) is 106 cm³/mol. The number of halogens is 1. The number of rotatable bonds is 8. The standard InChI is InChI=1S/C22H26ClNO2/c23-21-8-6-20(7-9-21)22(19-4-2-1-3-5-19)26-17-15-24-13-10-18(11-14-24)12-16-25/h1-9,16,18,22H,10-15,17H2. The van der Waals surface area contributed by atoms with Crippen molar-refractivity contribution in [1.29, 1.82) is 0 Å². The summed E-state index contributed by atoms with van der Waals surface area (Å²) < 4.78 is 6.29. The second-order valence-electron chi connectivity index (χ2n) is 6.90. The maximum absolute atomic E-state index is 10.7. The van der Waals surface area contributed by atoms with E-state index in [0.29, 0.717) is 18.9 Å². The number of hydrogen-bond acceptors (Lipinski definition) is 3. The van der Waals surface area contributed by atoms with Crippen molar-refractivity contribution in [2.24, 2.45) is 5.92 Å². The third kappa shape index (κ3) is 5.41. The predicted octanol–water partition coefficient (Wildman–Crippen LogP) is 4.75. The number of nitrogens with zero attached hydrogens (tertiary/aromatic N) is 1. The Morgan fingerprint density at radius 3 is 2.35 bits per heavy atom. The number of hydrogen-bond donors (Lipinski definition) is 0. The fourth-order valence-corrected chi connectivity index (χ4v) is 3.66. The van der Waals surface area contributed by atoms with Gasteiger partial charge < -0.3 is 14.4 Å². The van der Waals surface area contributed by atoms with Crippen LogP contribution in [-0.2, 0) is 9.53 Å². The summed E-state index contributed by atoms with van der Waals surface area (Å²) in [7, 11) is 0. The van der Waals surface area contributed by atoms with E-state index in [1.54, 1.807) is 0 Å². The molecule has 1 fully saturated rings. The van der Waals surface area contributed by atoms with Gasteiger partial charge in [0, 0.05) is 18.0 Å². The van der Waals surface area contributed by atoms with Gasteiger partial charge in [0.25, 0.3) is 0 Å². The monoisotopic (exact) mass is 371 g/mol. The molecule has 0 N–H and O–H groups in total. The molecule has 26 heavy (non-hydrogen) atoms. The van der Waals surface area contributed by atoms with Crippen molar-refractivity contribution >= 4 is 17.9 Å². The van der Waals surface area contributed by atoms with Gasteiger partial charge in [-0.2, -0.15) is 0 Å². The minimum absolute atomic E-state index is 0.0823. The molecular weight excluding hydrogens is 346 g/mol. The molecule has 0 amide bonds. The molecule has 3 rings (SSSR count). The Morgan fingerprint density at radius 2 is 1.69 bits per heavy atom. The number of carbonyl (C=O) groups is 1. The van der Waals surface area contributed by atoms with Crippen LogP contribution in [0, 0.1) is 5.92 Å². The molecule has 138 valence electrons. The number of piperidine rings is 1. The number of ether oxygens (including phenoxy) is 1. The summed E-state index contributed by atoms with van der Waals surface area (Å²) in [5.74, 6) is 0.566. The third-order valence-electron chi connectivity index (χ3n) is 5.10. The molecule has 1 heterocycles. The lowest BCUT2D eigenvalue weighted by atomic mass is 9.94. The lowest BCUT2D eigenvalue weighted by Gasteiger charge is -2.31. The van der Waals surface area contributed by atoms with Crippen LogP contribution in [0.25, 0.3) is 0 Å². The minimum Gasteiger partial charge on any atom is -0.367 e. The van der Waals surface area contributed by atoms with Gasteiger partial charge in [0.05, 0.1) is 6.61 Å². The number of carbonyl (C=O) groups excluding carboxylic acids is 1. The van der Waals surface area contributed by atoms with Crippen LogP contribution in [0.2, 0.25) is 5.02 Å². The molecule has 1 aliphatic heterocycles. The van der Waals surface area contributed by atoms with Crippen molar-refractivity contribution in [2.45, 2.75) is 25.4 Å². The quantitative estimate of drug-likeness (QED) is 0.627. The maximum Gasteiger partial charge on any atom is 0.120 e. The van der Waals surface area contributed by atoms with Crippen LogP contribution in [0.3, 0.4) is 0 Å². The van der Waals surface area contributed by atoms with Crippen LogP contribution < -0.4 is 0 Å². The van der Waals surface area contributed by atoms with Crippen LogP contribution in [0.1, 0.15) is 36.5 Å². The highest BCUT2D eigenvalue weighted by Gasteiger charge is 2.20. The molecular formula is C22H26ClNO2. The summed E-state index contributed by atoms with van der Waals surface area (Å²) in [4.78, 5) is 13.1. The highest BCUT2D eigenvalue weighted by molar-refractivity contribution is 6.30. The highest BCUT2D eigenvalue weighted by atomic mass is 35.5. The smallest absolute Gasteiger partial charge is 0.120 e. The van der Waals surface area contributed by atoms with Crippen molar-refractivity contribution in [3.8, 4) is 0 Å². The normalized spacial score (nSPS) is 17.1. The summed E-state index contributed by atoms with van der Waals surface area (Å²) in [6, 6.07) is 18.2. The zero-order valence-corrected chi connectivity index (χ0v) is 15.8. The molecule has 4 heteroatoms. The van der Waals surface area contributed by atoms with Crippen molar-refractivity contribution in [1.82, 2.24) is 4.90 Å². The summed E-state index contributed by atoms with van der Waals surface area (Å²) >= 11 is 6.03. The van der Waals surface area contributed by atoms with Gasteiger partial charge >= 0.3 is 0 Å². The largest absolute Gasteiger partial charge is 0.367 e. The SMILES string of the molecule is O=CCC1CCN(CCOC(c2ccccc2)c2ccc(Cl)cc2)CC1. The molecule has 0 radical (unpaired) electrons. The van der Waals surface area contributed by atoms with Crippen LogP contribution in [0.4, 0.5) is 0 Å². The van der Waals surface area contributed by atoms with E-state index in [2.05, 4.69) is 17.0 Å². The fourth-order valence-electron chi connectivity index (χ4n) is 3.53. The minimum atomic E-state index is -0.0823. The molecule has 3 nitrogen and oxygen atoms in total. The highest BCUT2D eigenvalue weighted by Crippen LogP contribution is 2.27. The lowest BCUT2D eigenvalue weighted by molar-refractivity contribution is -0.108. The topological polar surface area (TPSA) is 29.5 Å². The number of likely N-dealkylation sites (tertiary alicyclic amines) is 1. The maximum atomic E-state index is 10.7. The van der Waals surface area contributed by atoms with E-state index in [0.717, 1.165) is 54.9 Å². The molecule has 2 aromatic rings. The molecule has 1 aliphatic rings. The van der Waals surface area contributed by atoms with Gasteiger partial charge in [0.1, 0.15) is 12.4 Å². The van der Waals surface area contributed by atoms with Crippen LogP contribution in [0.5, 0.6) is 0 Å². The average Bonchev–Trinajstić information content (AvgIpc) is 2.68. The summed E-state index contributed by atoms with van der Waals surface area (Å²) in [6.07, 6.45) is 3.90. The number of aldehydes is 1. The van der Waals surface area contributed by atoms with Crippen molar-refractivity contribution in [2.75, 3.05) is 26.2 Å². The third-order valence-corrected chi connectivity index (χ3v) is 5.36. The molecule has 1 unspecified atom stereocenters. The van der Waals surface area contributed by atoms with E-state index in [1.165, 1.54) is 0 Å². The molecule has 0 aromatic heterocycles. The lowest BCUT2D eigenvalue weighted by Crippen LogP contribution is -2.36. The van der Waals surface area contributed by atoms with Crippen LogP contribution in [-0.4, -0.2) is 37.4 Å². The Morgan fingerprint density at radius 1 is 1.04 bits per heavy atom. The molecule has 0 saturated carbocycles.